The van der Waals surface area contributed by atoms with Crippen molar-refractivity contribution in [3.8, 4) is 0 Å². The molecule has 11 unspecified atom stereocenters. The zero-order valence-electron chi connectivity index (χ0n) is 20.3. The molecule has 8 fully saturated rings. The first-order valence-corrected chi connectivity index (χ1v) is 13.3. The molecule has 0 aromatic heterocycles. The first-order valence-electron chi connectivity index (χ1n) is 13.3. The number of rotatable bonds is 4. The fraction of sp³-hybridized carbons (Fsp3) is 0.893. The molecule has 4 nitrogen and oxygen atoms in total. The fourth-order valence-electron chi connectivity index (χ4n) is 10.5. The van der Waals surface area contributed by atoms with Crippen molar-refractivity contribution >= 4 is 5.78 Å². The summed E-state index contributed by atoms with van der Waals surface area (Å²) in [6, 6.07) is 0. The average molecular weight is 441 g/mol. The maximum Gasteiger partial charge on any atom is 0.165 e. The maximum atomic E-state index is 12.3. The average Bonchev–Trinajstić information content (AvgIpc) is 3.24. The number of ether oxygens (including phenoxy) is 3. The van der Waals surface area contributed by atoms with Gasteiger partial charge in [0.25, 0.3) is 0 Å². The van der Waals surface area contributed by atoms with Crippen LogP contribution in [0.5, 0.6) is 0 Å². The second-order valence-electron chi connectivity index (χ2n) is 13.4. The summed E-state index contributed by atoms with van der Waals surface area (Å²) >= 11 is 0. The molecule has 11 atom stereocenters. The number of ketones is 1. The summed E-state index contributed by atoms with van der Waals surface area (Å²) in [6.07, 6.45) is 9.91. The Morgan fingerprint density at radius 2 is 1.94 bits per heavy atom. The van der Waals surface area contributed by atoms with E-state index in [2.05, 4.69) is 34.3 Å². The maximum absolute atomic E-state index is 12.3. The predicted molar refractivity (Wildman–Crippen MR) is 121 cm³/mol. The quantitative estimate of drug-likeness (QED) is 0.546. The van der Waals surface area contributed by atoms with Crippen molar-refractivity contribution in [2.24, 2.45) is 40.4 Å². The molecular formula is C28H40O4. The van der Waals surface area contributed by atoms with E-state index >= 15 is 0 Å². The van der Waals surface area contributed by atoms with Crippen molar-refractivity contribution in [2.75, 3.05) is 0 Å². The van der Waals surface area contributed by atoms with E-state index in [-0.39, 0.29) is 40.5 Å². The highest BCUT2D eigenvalue weighted by Gasteiger charge is 2.85. The van der Waals surface area contributed by atoms with Crippen LogP contribution < -0.4 is 0 Å². The Morgan fingerprint density at radius 3 is 2.69 bits per heavy atom. The summed E-state index contributed by atoms with van der Waals surface area (Å²) in [5, 5.41) is 0. The predicted octanol–water partition coefficient (Wildman–Crippen LogP) is 5.44. The van der Waals surface area contributed by atoms with Gasteiger partial charge in [-0.2, -0.15) is 0 Å². The lowest BCUT2D eigenvalue weighted by molar-refractivity contribution is -0.372. The van der Waals surface area contributed by atoms with Crippen LogP contribution in [0, 0.1) is 40.4 Å². The molecule has 4 heteroatoms. The van der Waals surface area contributed by atoms with E-state index in [1.54, 1.807) is 0 Å². The van der Waals surface area contributed by atoms with Crippen molar-refractivity contribution in [1.82, 2.24) is 0 Å². The third-order valence-corrected chi connectivity index (χ3v) is 12.0. The molecule has 4 heterocycles. The topological polar surface area (TPSA) is 44.8 Å². The van der Waals surface area contributed by atoms with Crippen LogP contribution in [0.2, 0.25) is 0 Å². The molecule has 4 saturated carbocycles. The Hall–Kier alpha value is -0.710. The molecule has 0 N–H and O–H groups in total. The van der Waals surface area contributed by atoms with Crippen LogP contribution in [-0.2, 0) is 19.0 Å². The zero-order chi connectivity index (χ0) is 22.3. The van der Waals surface area contributed by atoms with E-state index in [1.807, 2.05) is 0 Å². The lowest BCUT2D eigenvalue weighted by Crippen LogP contribution is -2.77. The Morgan fingerprint density at radius 1 is 1.16 bits per heavy atom. The van der Waals surface area contributed by atoms with Gasteiger partial charge in [0.15, 0.2) is 6.29 Å². The zero-order valence-corrected chi connectivity index (χ0v) is 20.3. The lowest BCUT2D eigenvalue weighted by Gasteiger charge is -2.73. The van der Waals surface area contributed by atoms with Gasteiger partial charge in [-0.25, -0.2) is 0 Å². The Kier molecular flexibility index (Phi) is 3.93. The molecule has 0 aromatic carbocycles. The van der Waals surface area contributed by atoms with Gasteiger partial charge >= 0.3 is 0 Å². The second kappa shape index (κ2) is 6.10. The highest BCUT2D eigenvalue weighted by Crippen LogP contribution is 2.80. The molecule has 8 aliphatic rings. The summed E-state index contributed by atoms with van der Waals surface area (Å²) in [5.74, 6) is 3.04. The van der Waals surface area contributed by atoms with E-state index in [0.29, 0.717) is 35.4 Å². The van der Waals surface area contributed by atoms with Gasteiger partial charge in [-0.05, 0) is 68.6 Å². The van der Waals surface area contributed by atoms with Gasteiger partial charge < -0.3 is 14.2 Å². The highest BCUT2D eigenvalue weighted by molar-refractivity contribution is 5.80. The minimum atomic E-state index is -0.114. The lowest BCUT2D eigenvalue weighted by atomic mass is 9.39. The van der Waals surface area contributed by atoms with E-state index in [0.717, 1.165) is 44.9 Å². The Bertz CT molecular complexity index is 888. The summed E-state index contributed by atoms with van der Waals surface area (Å²) in [6.45, 7) is 13.7. The Balaban J connectivity index is 1.21. The van der Waals surface area contributed by atoms with E-state index in [4.69, 9.17) is 14.2 Å². The minimum absolute atomic E-state index is 0.0289. The molecule has 4 aliphatic heterocycles. The number of carbonyl (C=O) groups excluding carboxylic acids is 1. The van der Waals surface area contributed by atoms with Gasteiger partial charge in [-0.3, -0.25) is 4.79 Å². The summed E-state index contributed by atoms with van der Waals surface area (Å²) in [5.41, 5.74) is 1.59. The third kappa shape index (κ3) is 2.16. The standard InChI is InChI=1S/C28H40O4/c1-15(2)16(3)6-10-26(5)22-13-19-23-27(22,24(30-19)32-26)11-8-21-25(4)9-7-17(29)12-18(25)20-14-28(21,23)31-20/h15,18-24H,3,6-14H2,1-2,4-5H3. The SMILES string of the molecule is C=C(CCC1(C)OC2OC3CC1C21CCC2C4(C)CCC(=O)CC4C4CC2(O4)C31)C(C)C. The number of hydrogen-bond donors (Lipinski definition) is 0. The molecule has 8 rings (SSSR count). The summed E-state index contributed by atoms with van der Waals surface area (Å²) in [4.78, 5) is 12.3. The molecule has 0 amide bonds. The van der Waals surface area contributed by atoms with Gasteiger partial charge in [-0.15, -0.1) is 0 Å². The smallest absolute Gasteiger partial charge is 0.165 e. The third-order valence-electron chi connectivity index (χ3n) is 12.0. The first-order chi connectivity index (χ1) is 15.1. The first kappa shape index (κ1) is 20.6. The molecule has 4 aliphatic carbocycles. The van der Waals surface area contributed by atoms with Crippen LogP contribution in [0.3, 0.4) is 0 Å². The molecule has 0 aromatic rings. The monoisotopic (exact) mass is 440 g/mol. The normalized spacial score (nSPS) is 58.9. The van der Waals surface area contributed by atoms with E-state index < -0.39 is 0 Å². The molecule has 4 saturated heterocycles. The van der Waals surface area contributed by atoms with Crippen molar-refractivity contribution < 1.29 is 19.0 Å². The number of carbonyl (C=O) groups is 1. The van der Waals surface area contributed by atoms with E-state index in [9.17, 15) is 4.79 Å². The van der Waals surface area contributed by atoms with Gasteiger partial charge in [0.1, 0.15) is 5.78 Å². The second-order valence-corrected chi connectivity index (χ2v) is 13.4. The Labute approximate surface area is 192 Å². The molecule has 32 heavy (non-hydrogen) atoms. The van der Waals surface area contributed by atoms with Gasteiger partial charge in [-0.1, -0.05) is 32.9 Å². The molecule has 176 valence electrons. The van der Waals surface area contributed by atoms with Crippen LogP contribution in [0.15, 0.2) is 12.2 Å². The molecule has 2 spiro atoms. The largest absolute Gasteiger partial charge is 0.371 e. The van der Waals surface area contributed by atoms with Crippen molar-refractivity contribution in [3.05, 3.63) is 12.2 Å². The summed E-state index contributed by atoms with van der Waals surface area (Å²) < 4.78 is 20.5. The van der Waals surface area contributed by atoms with Gasteiger partial charge in [0.05, 0.1) is 23.4 Å². The van der Waals surface area contributed by atoms with Crippen LogP contribution in [0.4, 0.5) is 0 Å². The van der Waals surface area contributed by atoms with Crippen LogP contribution in [0.25, 0.3) is 0 Å². The van der Waals surface area contributed by atoms with E-state index in [1.165, 1.54) is 18.4 Å². The van der Waals surface area contributed by atoms with Crippen LogP contribution in [-0.4, -0.2) is 35.5 Å². The van der Waals surface area contributed by atoms with Gasteiger partial charge in [0.2, 0.25) is 0 Å². The van der Waals surface area contributed by atoms with Crippen molar-refractivity contribution in [3.63, 3.8) is 0 Å². The number of hydrogen-bond acceptors (Lipinski definition) is 4. The van der Waals surface area contributed by atoms with Crippen LogP contribution in [0.1, 0.15) is 85.5 Å². The number of allylic oxidation sites excluding steroid dienone is 1. The van der Waals surface area contributed by atoms with Crippen molar-refractivity contribution in [1.29, 1.82) is 0 Å². The number of Topliss-reactive ketones (excluding diaryl/α,β-unsaturated/α-hetero) is 1. The molecular weight excluding hydrogens is 400 g/mol. The van der Waals surface area contributed by atoms with Crippen LogP contribution >= 0.6 is 0 Å². The van der Waals surface area contributed by atoms with Gasteiger partial charge in [0, 0.05) is 36.5 Å². The fourth-order valence-corrected chi connectivity index (χ4v) is 10.5. The van der Waals surface area contributed by atoms with Crippen molar-refractivity contribution in [2.45, 2.75) is 115 Å². The molecule has 4 bridgehead atoms. The highest BCUT2D eigenvalue weighted by atomic mass is 16.7. The molecule has 0 radical (unpaired) electrons. The summed E-state index contributed by atoms with van der Waals surface area (Å²) in [7, 11) is 0. The minimum Gasteiger partial charge on any atom is -0.371 e.